The number of ether oxygens (including phenoxy) is 2. The van der Waals surface area contributed by atoms with E-state index >= 15 is 0 Å². The fraction of sp³-hybridized carbons (Fsp3) is 0.923. The summed E-state index contributed by atoms with van der Waals surface area (Å²) in [4.78, 5) is 14.4. The van der Waals surface area contributed by atoms with E-state index in [1.807, 2.05) is 6.92 Å². The molecule has 0 spiro atoms. The summed E-state index contributed by atoms with van der Waals surface area (Å²) in [6.45, 7) is 9.61. The molecule has 19 heavy (non-hydrogen) atoms. The van der Waals surface area contributed by atoms with Gasteiger partial charge >= 0.3 is 0 Å². The van der Waals surface area contributed by atoms with Gasteiger partial charge in [0.15, 0.2) is 0 Å². The lowest BCUT2D eigenvalue weighted by Crippen LogP contribution is -2.57. The second kappa shape index (κ2) is 7.19. The molecule has 6 nitrogen and oxygen atoms in total. The summed E-state index contributed by atoms with van der Waals surface area (Å²) in [5.41, 5.74) is 0. The van der Waals surface area contributed by atoms with Crippen LogP contribution in [-0.4, -0.2) is 75.0 Å². The van der Waals surface area contributed by atoms with Gasteiger partial charge in [-0.05, 0) is 13.8 Å². The molecule has 6 heteroatoms. The van der Waals surface area contributed by atoms with Crippen molar-refractivity contribution in [2.45, 2.75) is 32.0 Å². The Labute approximate surface area is 114 Å². The van der Waals surface area contributed by atoms with Crippen molar-refractivity contribution in [3.63, 3.8) is 0 Å². The topological polar surface area (TPSA) is 62.8 Å². The van der Waals surface area contributed by atoms with Gasteiger partial charge in [-0.2, -0.15) is 0 Å². The third-order valence-electron chi connectivity index (χ3n) is 3.84. The molecule has 0 aromatic heterocycles. The first-order valence-electron chi connectivity index (χ1n) is 7.13. The maximum atomic E-state index is 12.1. The zero-order chi connectivity index (χ0) is 13.7. The fourth-order valence-corrected chi connectivity index (χ4v) is 2.53. The number of nitrogens with zero attached hydrogens (tertiary/aromatic N) is 1. The Morgan fingerprint density at radius 1 is 1.42 bits per heavy atom. The molecule has 2 N–H and O–H groups in total. The van der Waals surface area contributed by atoms with Crippen molar-refractivity contribution in [2.24, 2.45) is 0 Å². The van der Waals surface area contributed by atoms with E-state index in [9.17, 15) is 4.79 Å². The molecule has 1 amide bonds. The predicted molar refractivity (Wildman–Crippen MR) is 72.1 cm³/mol. The van der Waals surface area contributed by atoms with Gasteiger partial charge in [0.25, 0.3) is 0 Å². The Hall–Kier alpha value is -0.690. The first kappa shape index (κ1) is 14.7. The van der Waals surface area contributed by atoms with Crippen molar-refractivity contribution in [3.8, 4) is 0 Å². The third-order valence-corrected chi connectivity index (χ3v) is 3.84. The van der Waals surface area contributed by atoms with Gasteiger partial charge in [-0.15, -0.1) is 0 Å². The van der Waals surface area contributed by atoms with Gasteiger partial charge in [0.05, 0.1) is 25.9 Å². The highest BCUT2D eigenvalue weighted by molar-refractivity contribution is 5.82. The largest absolute Gasteiger partial charge is 0.379 e. The molecular weight excluding hydrogens is 246 g/mol. The quantitative estimate of drug-likeness (QED) is 0.701. The van der Waals surface area contributed by atoms with Gasteiger partial charge in [-0.25, -0.2) is 0 Å². The minimum absolute atomic E-state index is 0.0345. The van der Waals surface area contributed by atoms with Crippen LogP contribution in [0.5, 0.6) is 0 Å². The highest BCUT2D eigenvalue weighted by atomic mass is 16.5. The average molecular weight is 271 g/mol. The molecule has 2 aliphatic rings. The highest BCUT2D eigenvalue weighted by Gasteiger charge is 2.28. The zero-order valence-electron chi connectivity index (χ0n) is 11.9. The number of nitrogens with one attached hydrogen (secondary N) is 2. The summed E-state index contributed by atoms with van der Waals surface area (Å²) in [6, 6.07) is 0.110. The molecule has 2 saturated heterocycles. The second-order valence-electron chi connectivity index (χ2n) is 5.25. The van der Waals surface area contributed by atoms with Gasteiger partial charge in [-0.3, -0.25) is 9.69 Å². The summed E-state index contributed by atoms with van der Waals surface area (Å²) in [5.74, 6) is 0.0345. The van der Waals surface area contributed by atoms with Crippen molar-refractivity contribution < 1.29 is 14.3 Å². The lowest BCUT2D eigenvalue weighted by atomic mass is 10.1. The Morgan fingerprint density at radius 2 is 2.16 bits per heavy atom. The Morgan fingerprint density at radius 3 is 2.84 bits per heavy atom. The Bertz CT molecular complexity index is 295. The van der Waals surface area contributed by atoms with E-state index < -0.39 is 0 Å². The van der Waals surface area contributed by atoms with Gasteiger partial charge in [0.1, 0.15) is 6.04 Å². The van der Waals surface area contributed by atoms with E-state index in [-0.39, 0.29) is 18.1 Å². The van der Waals surface area contributed by atoms with Crippen LogP contribution in [0.25, 0.3) is 0 Å². The number of hydrogen-bond donors (Lipinski definition) is 2. The smallest absolute Gasteiger partial charge is 0.239 e. The van der Waals surface area contributed by atoms with E-state index in [1.54, 1.807) is 0 Å². The van der Waals surface area contributed by atoms with Crippen LogP contribution in [0.2, 0.25) is 0 Å². The van der Waals surface area contributed by atoms with Gasteiger partial charge in [0.2, 0.25) is 5.91 Å². The van der Waals surface area contributed by atoms with Crippen LogP contribution in [0.15, 0.2) is 0 Å². The summed E-state index contributed by atoms with van der Waals surface area (Å²) >= 11 is 0. The van der Waals surface area contributed by atoms with Crippen LogP contribution < -0.4 is 10.6 Å². The number of amides is 1. The molecule has 2 heterocycles. The molecule has 110 valence electrons. The Kier molecular flexibility index (Phi) is 5.57. The maximum absolute atomic E-state index is 12.1. The summed E-state index contributed by atoms with van der Waals surface area (Å²) in [7, 11) is 0. The number of morpholine rings is 2. The molecule has 0 radical (unpaired) electrons. The lowest BCUT2D eigenvalue weighted by molar-refractivity contribution is -0.129. The monoisotopic (exact) mass is 271 g/mol. The maximum Gasteiger partial charge on any atom is 0.239 e. The molecule has 2 rings (SSSR count). The molecule has 2 aliphatic heterocycles. The van der Waals surface area contributed by atoms with Crippen molar-refractivity contribution in [1.82, 2.24) is 15.5 Å². The van der Waals surface area contributed by atoms with Gasteiger partial charge < -0.3 is 20.1 Å². The molecule has 0 aromatic carbocycles. The molecule has 0 aromatic rings. The van der Waals surface area contributed by atoms with E-state index in [0.717, 1.165) is 32.8 Å². The van der Waals surface area contributed by atoms with E-state index in [1.165, 1.54) is 0 Å². The first-order chi connectivity index (χ1) is 9.18. The standard InChI is InChI=1S/C13H25N3O3/c1-10(16-4-7-18-8-5-16)9-15-13(17)12-11(2)19-6-3-14-12/h10-12,14H,3-9H2,1-2H3,(H,15,17)/t10?,11-,12+/m1/s1. The van der Waals surface area contributed by atoms with Crippen LogP contribution in [-0.2, 0) is 14.3 Å². The number of hydrogen-bond acceptors (Lipinski definition) is 5. The second-order valence-corrected chi connectivity index (χ2v) is 5.25. The number of carbonyl (C=O) groups is 1. The highest BCUT2D eigenvalue weighted by Crippen LogP contribution is 2.05. The molecule has 2 fully saturated rings. The predicted octanol–water partition coefficient (Wildman–Crippen LogP) is -0.800. The Balaban J connectivity index is 1.72. The third kappa shape index (κ3) is 4.14. The number of rotatable bonds is 4. The van der Waals surface area contributed by atoms with E-state index in [4.69, 9.17) is 9.47 Å². The van der Waals surface area contributed by atoms with E-state index in [0.29, 0.717) is 19.2 Å². The van der Waals surface area contributed by atoms with Gasteiger partial charge in [-0.1, -0.05) is 0 Å². The molecule has 0 bridgehead atoms. The normalized spacial score (nSPS) is 30.8. The summed E-state index contributed by atoms with van der Waals surface area (Å²) < 4.78 is 10.8. The van der Waals surface area contributed by atoms with Crippen molar-refractivity contribution >= 4 is 5.91 Å². The van der Waals surface area contributed by atoms with Gasteiger partial charge in [0, 0.05) is 32.2 Å². The average Bonchev–Trinajstić information content (AvgIpc) is 2.46. The minimum atomic E-state index is -0.231. The molecular formula is C13H25N3O3. The fourth-order valence-electron chi connectivity index (χ4n) is 2.53. The van der Waals surface area contributed by atoms with Crippen molar-refractivity contribution in [2.75, 3.05) is 46.0 Å². The zero-order valence-corrected chi connectivity index (χ0v) is 11.9. The first-order valence-corrected chi connectivity index (χ1v) is 7.13. The lowest BCUT2D eigenvalue weighted by Gasteiger charge is -2.33. The molecule has 0 saturated carbocycles. The number of carbonyl (C=O) groups excluding carboxylic acids is 1. The van der Waals surface area contributed by atoms with Crippen molar-refractivity contribution in [3.05, 3.63) is 0 Å². The SMILES string of the molecule is CC(CNC(=O)[C@H]1NCCO[C@@H]1C)N1CCOCC1. The molecule has 0 aliphatic carbocycles. The van der Waals surface area contributed by atoms with Crippen LogP contribution in [0.4, 0.5) is 0 Å². The van der Waals surface area contributed by atoms with Crippen LogP contribution in [0, 0.1) is 0 Å². The van der Waals surface area contributed by atoms with E-state index in [2.05, 4.69) is 22.5 Å². The minimum Gasteiger partial charge on any atom is -0.379 e. The van der Waals surface area contributed by atoms with Crippen LogP contribution in [0.1, 0.15) is 13.8 Å². The van der Waals surface area contributed by atoms with Crippen LogP contribution in [0.3, 0.4) is 0 Å². The van der Waals surface area contributed by atoms with Crippen LogP contribution >= 0.6 is 0 Å². The molecule has 1 unspecified atom stereocenters. The summed E-state index contributed by atoms with van der Waals surface area (Å²) in [6.07, 6.45) is -0.0626. The van der Waals surface area contributed by atoms with Crippen molar-refractivity contribution in [1.29, 1.82) is 0 Å². The molecule has 3 atom stereocenters. The summed E-state index contributed by atoms with van der Waals surface area (Å²) in [5, 5.41) is 6.22.